The molecule has 2 rings (SSSR count). The maximum absolute atomic E-state index is 4.33. The van der Waals surface area contributed by atoms with Crippen LogP contribution in [-0.2, 0) is 13.6 Å². The van der Waals surface area contributed by atoms with Crippen LogP contribution >= 0.6 is 11.3 Å². The number of rotatable bonds is 4. The van der Waals surface area contributed by atoms with Gasteiger partial charge in [0, 0.05) is 31.4 Å². The molecule has 86 valence electrons. The Morgan fingerprint density at radius 1 is 1.56 bits per heavy atom. The molecule has 1 atom stereocenters. The molecule has 2 aromatic heterocycles. The normalized spacial score (nSPS) is 12.9. The average Bonchev–Trinajstić information content (AvgIpc) is 2.84. The Bertz CT molecular complexity index is 445. The van der Waals surface area contributed by atoms with Gasteiger partial charge in [-0.25, -0.2) is 0 Å². The predicted molar refractivity (Wildman–Crippen MR) is 67.5 cm³/mol. The van der Waals surface area contributed by atoms with E-state index in [1.807, 2.05) is 18.7 Å². The van der Waals surface area contributed by atoms with Crippen LogP contribution in [0.1, 0.15) is 29.8 Å². The minimum absolute atomic E-state index is 0.394. The van der Waals surface area contributed by atoms with Gasteiger partial charge in [-0.1, -0.05) is 0 Å². The van der Waals surface area contributed by atoms with Crippen LogP contribution in [0.15, 0.2) is 23.0 Å². The minimum atomic E-state index is 0.394. The summed E-state index contributed by atoms with van der Waals surface area (Å²) in [7, 11) is 1.96. The first-order chi connectivity index (χ1) is 7.66. The summed E-state index contributed by atoms with van der Waals surface area (Å²) in [6, 6.07) is 2.56. The van der Waals surface area contributed by atoms with Crippen molar-refractivity contribution < 1.29 is 0 Å². The average molecular weight is 235 g/mol. The standard InChI is InChI=1S/C12H17N3S/c1-9(11-4-5-16-8-11)13-6-12-7-15(3)14-10(12)2/h4-5,7-9,13H,6H2,1-3H3. The molecule has 0 amide bonds. The maximum atomic E-state index is 4.33. The molecule has 2 heterocycles. The second-order valence-electron chi connectivity index (χ2n) is 4.07. The summed E-state index contributed by atoms with van der Waals surface area (Å²) in [6.45, 7) is 5.11. The van der Waals surface area contributed by atoms with Gasteiger partial charge in [-0.2, -0.15) is 16.4 Å². The lowest BCUT2D eigenvalue weighted by Gasteiger charge is -2.11. The molecule has 0 bridgehead atoms. The van der Waals surface area contributed by atoms with E-state index in [2.05, 4.69) is 40.4 Å². The molecule has 1 unspecified atom stereocenters. The van der Waals surface area contributed by atoms with Crippen LogP contribution in [0.25, 0.3) is 0 Å². The number of thiophene rings is 1. The fourth-order valence-electron chi connectivity index (χ4n) is 1.72. The van der Waals surface area contributed by atoms with Crippen LogP contribution in [0.2, 0.25) is 0 Å². The highest BCUT2D eigenvalue weighted by Crippen LogP contribution is 2.16. The molecule has 0 fully saturated rings. The molecule has 16 heavy (non-hydrogen) atoms. The SMILES string of the molecule is Cc1nn(C)cc1CNC(C)c1ccsc1. The van der Waals surface area contributed by atoms with Gasteiger partial charge in [0.1, 0.15) is 0 Å². The quantitative estimate of drug-likeness (QED) is 0.883. The molecule has 0 aromatic carbocycles. The molecular formula is C12H17N3S. The van der Waals surface area contributed by atoms with E-state index in [4.69, 9.17) is 0 Å². The Morgan fingerprint density at radius 2 is 2.38 bits per heavy atom. The van der Waals surface area contributed by atoms with E-state index < -0.39 is 0 Å². The highest BCUT2D eigenvalue weighted by Gasteiger charge is 2.07. The molecule has 0 saturated heterocycles. The molecule has 2 aromatic rings. The Labute approximate surface area is 100 Å². The fourth-order valence-corrected chi connectivity index (χ4v) is 2.48. The predicted octanol–water partition coefficient (Wildman–Crippen LogP) is 2.64. The van der Waals surface area contributed by atoms with Gasteiger partial charge in [0.25, 0.3) is 0 Å². The Balaban J connectivity index is 1.95. The van der Waals surface area contributed by atoms with E-state index in [1.54, 1.807) is 11.3 Å². The number of aryl methyl sites for hydroxylation is 2. The van der Waals surface area contributed by atoms with E-state index >= 15 is 0 Å². The number of aromatic nitrogens is 2. The Morgan fingerprint density at radius 3 is 2.94 bits per heavy atom. The summed E-state index contributed by atoms with van der Waals surface area (Å²) in [5.74, 6) is 0. The summed E-state index contributed by atoms with van der Waals surface area (Å²) < 4.78 is 1.86. The van der Waals surface area contributed by atoms with Crippen molar-refractivity contribution in [1.29, 1.82) is 0 Å². The fraction of sp³-hybridized carbons (Fsp3) is 0.417. The number of hydrogen-bond donors (Lipinski definition) is 1. The smallest absolute Gasteiger partial charge is 0.0638 e. The number of nitrogens with zero attached hydrogens (tertiary/aromatic N) is 2. The van der Waals surface area contributed by atoms with E-state index in [1.165, 1.54) is 11.1 Å². The monoisotopic (exact) mass is 235 g/mol. The van der Waals surface area contributed by atoms with Crippen LogP contribution in [0, 0.1) is 6.92 Å². The lowest BCUT2D eigenvalue weighted by molar-refractivity contribution is 0.575. The number of hydrogen-bond acceptors (Lipinski definition) is 3. The highest BCUT2D eigenvalue weighted by molar-refractivity contribution is 7.07. The van der Waals surface area contributed by atoms with Gasteiger partial charge >= 0.3 is 0 Å². The molecule has 0 aliphatic heterocycles. The van der Waals surface area contributed by atoms with Gasteiger partial charge in [0.2, 0.25) is 0 Å². The van der Waals surface area contributed by atoms with Crippen molar-refractivity contribution in [2.45, 2.75) is 26.4 Å². The molecule has 0 aliphatic rings. The van der Waals surface area contributed by atoms with Crippen molar-refractivity contribution in [3.05, 3.63) is 39.8 Å². The summed E-state index contributed by atoms with van der Waals surface area (Å²) in [5, 5.41) is 12.1. The van der Waals surface area contributed by atoms with Crippen molar-refractivity contribution >= 4 is 11.3 Å². The lowest BCUT2D eigenvalue weighted by Crippen LogP contribution is -2.17. The van der Waals surface area contributed by atoms with Crippen LogP contribution in [0.5, 0.6) is 0 Å². The van der Waals surface area contributed by atoms with Crippen LogP contribution in [-0.4, -0.2) is 9.78 Å². The molecule has 0 spiro atoms. The lowest BCUT2D eigenvalue weighted by atomic mass is 10.1. The number of nitrogens with one attached hydrogen (secondary N) is 1. The third kappa shape index (κ3) is 2.51. The second kappa shape index (κ2) is 4.80. The molecule has 0 radical (unpaired) electrons. The largest absolute Gasteiger partial charge is 0.306 e. The Hall–Kier alpha value is -1.13. The first-order valence-corrected chi connectivity index (χ1v) is 6.35. The van der Waals surface area contributed by atoms with Crippen molar-refractivity contribution in [1.82, 2.24) is 15.1 Å². The van der Waals surface area contributed by atoms with Gasteiger partial charge < -0.3 is 5.32 Å². The summed E-state index contributed by atoms with van der Waals surface area (Å²) >= 11 is 1.74. The summed E-state index contributed by atoms with van der Waals surface area (Å²) in [6.07, 6.45) is 2.07. The van der Waals surface area contributed by atoms with Gasteiger partial charge in [0.05, 0.1) is 5.69 Å². The van der Waals surface area contributed by atoms with Crippen molar-refractivity contribution in [2.24, 2.45) is 7.05 Å². The van der Waals surface area contributed by atoms with E-state index in [-0.39, 0.29) is 0 Å². The van der Waals surface area contributed by atoms with Crippen LogP contribution in [0.4, 0.5) is 0 Å². The van der Waals surface area contributed by atoms with Crippen molar-refractivity contribution in [2.75, 3.05) is 0 Å². The molecule has 1 N–H and O–H groups in total. The Kier molecular flexibility index (Phi) is 3.41. The topological polar surface area (TPSA) is 29.9 Å². The second-order valence-corrected chi connectivity index (χ2v) is 4.85. The van der Waals surface area contributed by atoms with Gasteiger partial charge in [0.15, 0.2) is 0 Å². The van der Waals surface area contributed by atoms with E-state index in [0.717, 1.165) is 12.2 Å². The summed E-state index contributed by atoms with van der Waals surface area (Å²) in [4.78, 5) is 0. The van der Waals surface area contributed by atoms with Crippen LogP contribution in [0.3, 0.4) is 0 Å². The first kappa shape index (κ1) is 11.4. The zero-order chi connectivity index (χ0) is 11.5. The summed E-state index contributed by atoms with van der Waals surface area (Å²) in [5.41, 5.74) is 3.73. The third-order valence-electron chi connectivity index (χ3n) is 2.76. The molecular weight excluding hydrogens is 218 g/mol. The maximum Gasteiger partial charge on any atom is 0.0638 e. The van der Waals surface area contributed by atoms with E-state index in [0.29, 0.717) is 6.04 Å². The first-order valence-electron chi connectivity index (χ1n) is 5.41. The van der Waals surface area contributed by atoms with Gasteiger partial charge in [-0.3, -0.25) is 4.68 Å². The van der Waals surface area contributed by atoms with Gasteiger partial charge in [-0.05, 0) is 36.2 Å². The zero-order valence-electron chi connectivity index (χ0n) is 9.90. The van der Waals surface area contributed by atoms with Crippen LogP contribution < -0.4 is 5.32 Å². The minimum Gasteiger partial charge on any atom is -0.306 e. The molecule has 0 saturated carbocycles. The zero-order valence-corrected chi connectivity index (χ0v) is 10.7. The molecule has 3 nitrogen and oxygen atoms in total. The van der Waals surface area contributed by atoms with Crippen molar-refractivity contribution in [3.63, 3.8) is 0 Å². The van der Waals surface area contributed by atoms with Gasteiger partial charge in [-0.15, -0.1) is 0 Å². The van der Waals surface area contributed by atoms with E-state index in [9.17, 15) is 0 Å². The molecule has 0 aliphatic carbocycles. The third-order valence-corrected chi connectivity index (χ3v) is 3.46. The van der Waals surface area contributed by atoms with Crippen molar-refractivity contribution in [3.8, 4) is 0 Å². The highest BCUT2D eigenvalue weighted by atomic mass is 32.1. The molecule has 4 heteroatoms.